The van der Waals surface area contributed by atoms with Gasteiger partial charge in [-0.3, -0.25) is 29.4 Å². The normalized spacial score (nSPS) is 27.8. The fourth-order valence-corrected chi connectivity index (χ4v) is 11.2. The number of rotatable bonds is 6. The van der Waals surface area contributed by atoms with Gasteiger partial charge in [-0.2, -0.15) is 0 Å². The number of hydrogen-bond acceptors (Lipinski definition) is 8. The zero-order chi connectivity index (χ0) is 31.1. The molecule has 4 aliphatic rings. The van der Waals surface area contributed by atoms with Gasteiger partial charge >= 0.3 is 4.87 Å². The predicted octanol–water partition coefficient (Wildman–Crippen LogP) is 6.91. The minimum atomic E-state index is -0.517. The monoisotopic (exact) mass is 679 g/mol. The molecular formula is C32H23Cl2N3O6S2. The van der Waals surface area contributed by atoms with Crippen molar-refractivity contribution >= 4 is 69.5 Å². The molecule has 8 rings (SSSR count). The van der Waals surface area contributed by atoms with E-state index in [9.17, 15) is 24.5 Å². The van der Waals surface area contributed by atoms with E-state index in [0.717, 1.165) is 27.5 Å². The molecule has 7 atom stereocenters. The van der Waals surface area contributed by atoms with Crippen molar-refractivity contribution in [2.75, 3.05) is 4.90 Å². The quantitative estimate of drug-likeness (QED) is 0.133. The molecule has 1 N–H and O–H groups in total. The highest BCUT2D eigenvalue weighted by Crippen LogP contribution is 2.69. The third kappa shape index (κ3) is 4.54. The Bertz CT molecular complexity index is 1950. The summed E-state index contributed by atoms with van der Waals surface area (Å²) in [6.45, 7) is 0.297. The Labute approximate surface area is 274 Å². The maximum absolute atomic E-state index is 14.0. The number of thioether (sulfide) groups is 1. The summed E-state index contributed by atoms with van der Waals surface area (Å²) in [7, 11) is 0. The van der Waals surface area contributed by atoms with Gasteiger partial charge in [0.2, 0.25) is 11.8 Å². The summed E-state index contributed by atoms with van der Waals surface area (Å²) in [4.78, 5) is 56.3. The van der Waals surface area contributed by atoms with Crippen LogP contribution in [0.4, 0.5) is 11.4 Å². The van der Waals surface area contributed by atoms with Gasteiger partial charge in [0.05, 0.1) is 27.5 Å². The minimum absolute atomic E-state index is 0.0179. The first-order chi connectivity index (χ1) is 21.7. The number of H-pyrrole nitrogens is 1. The molecule has 3 heterocycles. The molecule has 4 aromatic rings. The van der Waals surface area contributed by atoms with Crippen LogP contribution in [-0.4, -0.2) is 27.0 Å². The molecule has 0 radical (unpaired) electrons. The Morgan fingerprint density at radius 3 is 2.33 bits per heavy atom. The number of amides is 2. The molecule has 45 heavy (non-hydrogen) atoms. The summed E-state index contributed by atoms with van der Waals surface area (Å²) < 4.78 is 6.38. The van der Waals surface area contributed by atoms with Crippen molar-refractivity contribution in [3.63, 3.8) is 0 Å². The Morgan fingerprint density at radius 2 is 1.62 bits per heavy atom. The van der Waals surface area contributed by atoms with Crippen LogP contribution in [0.15, 0.2) is 76.6 Å². The number of nitro groups is 1. The van der Waals surface area contributed by atoms with E-state index in [4.69, 9.17) is 27.9 Å². The highest BCUT2D eigenvalue weighted by atomic mass is 35.5. The number of nitrogens with zero attached hydrogens (tertiary/aromatic N) is 2. The van der Waals surface area contributed by atoms with Gasteiger partial charge in [-0.05, 0) is 72.2 Å². The first-order valence-electron chi connectivity index (χ1n) is 14.4. The number of aromatic nitrogens is 1. The number of anilines is 1. The van der Waals surface area contributed by atoms with Gasteiger partial charge in [0, 0.05) is 43.8 Å². The summed E-state index contributed by atoms with van der Waals surface area (Å²) >= 11 is 15.4. The fraction of sp³-hybridized carbons (Fsp3) is 0.281. The topological polar surface area (TPSA) is 123 Å². The Kier molecular flexibility index (Phi) is 6.86. The molecule has 9 nitrogen and oxygen atoms in total. The number of benzene rings is 3. The molecule has 0 unspecified atom stereocenters. The predicted molar refractivity (Wildman–Crippen MR) is 171 cm³/mol. The Balaban J connectivity index is 1.18. The van der Waals surface area contributed by atoms with Gasteiger partial charge in [-0.15, -0.1) is 11.8 Å². The number of nitrogens with one attached hydrogen (secondary N) is 1. The van der Waals surface area contributed by atoms with Crippen LogP contribution in [-0.2, 0) is 16.2 Å². The van der Waals surface area contributed by atoms with Gasteiger partial charge in [-0.25, -0.2) is 0 Å². The van der Waals surface area contributed by atoms with Crippen LogP contribution in [0.3, 0.4) is 0 Å². The van der Waals surface area contributed by atoms with Gasteiger partial charge < -0.3 is 9.72 Å². The number of aromatic amines is 1. The van der Waals surface area contributed by atoms with Crippen molar-refractivity contribution in [2.45, 2.75) is 29.2 Å². The molecule has 2 aliphatic carbocycles. The van der Waals surface area contributed by atoms with E-state index in [1.807, 2.05) is 24.3 Å². The number of ether oxygens (including phenoxy) is 1. The lowest BCUT2D eigenvalue weighted by molar-refractivity contribution is -0.384. The van der Waals surface area contributed by atoms with Crippen LogP contribution in [0, 0.1) is 39.7 Å². The van der Waals surface area contributed by atoms with Crippen LogP contribution in [0.5, 0.6) is 5.75 Å². The van der Waals surface area contributed by atoms with Crippen LogP contribution in [0.1, 0.15) is 28.3 Å². The van der Waals surface area contributed by atoms with Crippen LogP contribution >= 0.6 is 46.3 Å². The summed E-state index contributed by atoms with van der Waals surface area (Å²) in [5.74, 6) is -1.42. The van der Waals surface area contributed by atoms with E-state index in [1.54, 1.807) is 30.0 Å². The molecular weight excluding hydrogens is 657 g/mol. The van der Waals surface area contributed by atoms with Crippen molar-refractivity contribution in [3.8, 4) is 5.75 Å². The molecule has 3 aromatic carbocycles. The second-order valence-electron chi connectivity index (χ2n) is 11.8. The second-order valence-corrected chi connectivity index (χ2v) is 14.9. The molecule has 2 aliphatic heterocycles. The number of carbonyl (C=O) groups is 2. The van der Waals surface area contributed by atoms with Crippen molar-refractivity contribution in [3.05, 3.63) is 113 Å². The number of fused-ring (bicyclic) bond motifs is 9. The van der Waals surface area contributed by atoms with E-state index in [0.29, 0.717) is 28.1 Å². The molecule has 0 spiro atoms. The molecule has 2 bridgehead atoms. The Hall–Kier alpha value is -3.64. The number of carbonyl (C=O) groups excluding carboxylic acids is 2. The smallest absolute Gasteiger partial charge is 0.305 e. The summed E-state index contributed by atoms with van der Waals surface area (Å²) in [5, 5.41) is 13.1. The summed E-state index contributed by atoms with van der Waals surface area (Å²) in [6.07, 6.45) is 0.723. The fourth-order valence-electron chi connectivity index (χ4n) is 7.98. The van der Waals surface area contributed by atoms with E-state index in [-0.39, 0.29) is 51.3 Å². The lowest BCUT2D eigenvalue weighted by Gasteiger charge is -2.43. The van der Waals surface area contributed by atoms with Gasteiger partial charge in [0.25, 0.3) is 5.69 Å². The van der Waals surface area contributed by atoms with Crippen molar-refractivity contribution < 1.29 is 19.2 Å². The maximum atomic E-state index is 14.0. The van der Waals surface area contributed by atoms with Crippen LogP contribution in [0.2, 0.25) is 10.0 Å². The summed E-state index contributed by atoms with van der Waals surface area (Å²) in [6, 6.07) is 18.5. The van der Waals surface area contributed by atoms with Gasteiger partial charge in [0.1, 0.15) is 12.4 Å². The average Bonchev–Trinajstić information content (AvgIpc) is 3.76. The molecule has 3 fully saturated rings. The van der Waals surface area contributed by atoms with Crippen molar-refractivity contribution in [2.24, 2.45) is 29.6 Å². The molecule has 1 aromatic heterocycles. The lowest BCUT2D eigenvalue weighted by atomic mass is 9.68. The largest absolute Gasteiger partial charge is 0.489 e. The standard InChI is InChI=1S/C32H23Cl2N3O6S2/c33-15-3-1-14(2-4-15)13-43-22-10-5-16(34)11-19(22)23-24-20-12-21(27(24)44-29-28(23)45-32(40)35-29)26-25(20)30(38)36(31(26)39)17-6-8-18(9-7-17)37(41)42/h1-11,20-21,23-27H,12-13H2,(H,35,40)/t20-,21-,23+,24+,25+,26+,27-/m1/s1. The minimum Gasteiger partial charge on any atom is -0.489 e. The van der Waals surface area contributed by atoms with E-state index in [1.165, 1.54) is 40.5 Å². The first kappa shape index (κ1) is 28.8. The van der Waals surface area contributed by atoms with E-state index < -0.39 is 16.8 Å². The maximum Gasteiger partial charge on any atom is 0.305 e. The SMILES string of the molecule is O=C1[C@H]2[C@H]3C[C@@H]([C@@H]2C(=O)N1c1ccc([N+](=O)[O-])cc1)[C@H]1[C@H](c2cc(Cl)ccc2OCc2ccc(Cl)cc2)c2sc(=O)[nH]c2S[C@H]31. The number of nitro benzene ring substituents is 1. The van der Waals surface area contributed by atoms with Crippen LogP contribution in [0.25, 0.3) is 0 Å². The molecule has 2 saturated carbocycles. The molecule has 1 saturated heterocycles. The zero-order valence-corrected chi connectivity index (χ0v) is 26.4. The number of non-ortho nitro benzene ring substituents is 1. The number of thiazole rings is 1. The van der Waals surface area contributed by atoms with Crippen molar-refractivity contribution in [1.82, 2.24) is 4.98 Å². The van der Waals surface area contributed by atoms with E-state index in [2.05, 4.69) is 4.98 Å². The van der Waals surface area contributed by atoms with Crippen LogP contribution < -0.4 is 14.5 Å². The molecule has 13 heteroatoms. The third-order valence-electron chi connectivity index (χ3n) is 9.66. The zero-order valence-electron chi connectivity index (χ0n) is 23.2. The third-order valence-corrected chi connectivity index (χ3v) is 12.7. The van der Waals surface area contributed by atoms with Gasteiger partial charge in [0.15, 0.2) is 0 Å². The average molecular weight is 681 g/mol. The summed E-state index contributed by atoms with van der Waals surface area (Å²) in [5.41, 5.74) is 2.01. The molecule has 2 amide bonds. The second kappa shape index (κ2) is 10.7. The van der Waals surface area contributed by atoms with Gasteiger partial charge in [-0.1, -0.05) is 46.7 Å². The lowest BCUT2D eigenvalue weighted by Crippen LogP contribution is -2.42. The number of imide groups is 1. The number of halogens is 2. The highest BCUT2D eigenvalue weighted by Gasteiger charge is 2.69. The molecule has 228 valence electrons. The number of hydrogen-bond donors (Lipinski definition) is 1. The van der Waals surface area contributed by atoms with Crippen molar-refractivity contribution in [1.29, 1.82) is 0 Å². The highest BCUT2D eigenvalue weighted by molar-refractivity contribution is 8.00. The Morgan fingerprint density at radius 1 is 0.933 bits per heavy atom. The van der Waals surface area contributed by atoms with E-state index >= 15 is 0 Å². The first-order valence-corrected chi connectivity index (χ1v) is 16.8.